The van der Waals surface area contributed by atoms with Crippen LogP contribution in [0.15, 0.2) is 291 Å². The van der Waals surface area contributed by atoms with Crippen LogP contribution in [-0.4, -0.2) is 29.9 Å². The molecule has 1 aliphatic carbocycles. The Morgan fingerprint density at radius 1 is 0.274 bits per heavy atom. The lowest BCUT2D eigenvalue weighted by atomic mass is 9.79. The first-order valence-electron chi connectivity index (χ1n) is 28.7. The first-order valence-corrected chi connectivity index (χ1v) is 28.7. The average molecular weight is 1100 g/mol. The number of carbonyl (C=O) groups is 2. The van der Waals surface area contributed by atoms with Crippen molar-refractivity contribution in [3.05, 3.63) is 313 Å². The normalized spacial score (nSPS) is 13.5. The zero-order valence-electron chi connectivity index (χ0n) is 48.3. The lowest BCUT2D eigenvalue weighted by Gasteiger charge is -2.32. The highest BCUT2D eigenvalue weighted by molar-refractivity contribution is 6.62. The zero-order chi connectivity index (χ0) is 58.2. The molecule has 0 aromatic heterocycles. The summed E-state index contributed by atoms with van der Waals surface area (Å²) in [4.78, 5) is 34.6. The first-order chi connectivity index (χ1) is 41.0. The van der Waals surface area contributed by atoms with Gasteiger partial charge in [0, 0.05) is 73.4 Å². The van der Waals surface area contributed by atoms with Gasteiger partial charge in [0.15, 0.2) is 11.6 Å². The molecule has 0 N–H and O–H groups in total. The van der Waals surface area contributed by atoms with E-state index in [0.717, 1.165) is 78.9 Å². The van der Waals surface area contributed by atoms with Crippen LogP contribution in [0.1, 0.15) is 73.4 Å². The molecule has 11 aromatic rings. The van der Waals surface area contributed by atoms with Gasteiger partial charge in [-0.3, -0.25) is 9.59 Å². The van der Waals surface area contributed by atoms with Crippen molar-refractivity contribution in [3.63, 3.8) is 0 Å². The van der Waals surface area contributed by atoms with Crippen molar-refractivity contribution in [2.45, 2.75) is 52.7 Å². The maximum absolute atomic E-state index is 14.0. The molecule has 412 valence electrons. The van der Waals surface area contributed by atoms with E-state index in [-0.39, 0.29) is 29.9 Å². The number of ketones is 2. The molecule has 1 fully saturated rings. The topological polar surface area (TPSA) is 62.3 Å². The van der Waals surface area contributed by atoms with Crippen LogP contribution < -0.4 is 20.2 Å². The van der Waals surface area contributed by atoms with E-state index in [0.29, 0.717) is 22.3 Å². The van der Waals surface area contributed by atoms with Gasteiger partial charge in [-0.15, -0.1) is 0 Å². The van der Waals surface area contributed by atoms with Crippen molar-refractivity contribution in [1.82, 2.24) is 0 Å². The molecule has 0 saturated carbocycles. The summed E-state index contributed by atoms with van der Waals surface area (Å²) < 4.78 is 12.4. The van der Waals surface area contributed by atoms with Crippen LogP contribution in [0, 0.1) is 0 Å². The second-order valence-corrected chi connectivity index (χ2v) is 21.5. The number of hydrogen-bond acceptors (Lipinski definition) is 7. The summed E-state index contributed by atoms with van der Waals surface area (Å²) in [6.07, 6.45) is 0. The molecular formula is C76H66BN3O4. The third-order valence-electron chi connectivity index (χ3n) is 15.7. The molecule has 8 heteroatoms. The van der Waals surface area contributed by atoms with Crippen LogP contribution in [-0.2, 0) is 9.31 Å². The second kappa shape index (κ2) is 24.7. The van der Waals surface area contributed by atoms with Crippen molar-refractivity contribution in [3.8, 4) is 22.3 Å². The van der Waals surface area contributed by atoms with E-state index in [1.165, 1.54) is 0 Å². The number of hydrogen-bond donors (Lipinski definition) is 0. The van der Waals surface area contributed by atoms with Gasteiger partial charge in [0.2, 0.25) is 0 Å². The van der Waals surface area contributed by atoms with Crippen molar-refractivity contribution in [2.75, 3.05) is 14.7 Å². The van der Waals surface area contributed by atoms with Gasteiger partial charge in [-0.2, -0.15) is 0 Å². The fourth-order valence-electron chi connectivity index (χ4n) is 10.7. The minimum atomic E-state index is -0.346. The predicted molar refractivity (Wildman–Crippen MR) is 348 cm³/mol. The summed E-state index contributed by atoms with van der Waals surface area (Å²) in [6, 6.07) is 98.1. The van der Waals surface area contributed by atoms with Crippen LogP contribution in [0.5, 0.6) is 0 Å². The summed E-state index contributed by atoms with van der Waals surface area (Å²) in [5, 5.41) is 0. The molecule has 84 heavy (non-hydrogen) atoms. The Morgan fingerprint density at radius 3 is 0.762 bits per heavy atom. The molecule has 0 unspecified atom stereocenters. The van der Waals surface area contributed by atoms with Gasteiger partial charge < -0.3 is 24.0 Å². The van der Waals surface area contributed by atoms with Gasteiger partial charge in [-0.1, -0.05) is 172 Å². The van der Waals surface area contributed by atoms with Crippen molar-refractivity contribution in [1.29, 1.82) is 0 Å². The second-order valence-electron chi connectivity index (χ2n) is 21.5. The Morgan fingerprint density at radius 2 is 0.500 bits per heavy atom. The summed E-state index contributed by atoms with van der Waals surface area (Å²) >= 11 is 0. The van der Waals surface area contributed by atoms with Crippen LogP contribution in [0.3, 0.4) is 0 Å². The minimum absolute atomic E-state index is 0.138. The Hall–Kier alpha value is -9.86. The van der Waals surface area contributed by atoms with Crippen LogP contribution >= 0.6 is 0 Å². The molecular weight excluding hydrogens is 1030 g/mol. The minimum Gasteiger partial charge on any atom is -0.399 e. The lowest BCUT2D eigenvalue weighted by molar-refractivity contribution is 0.00578. The number of para-hydroxylation sites is 6. The number of carbonyl (C=O) groups excluding carboxylic acids is 2. The molecule has 7 nitrogen and oxygen atoms in total. The van der Waals surface area contributed by atoms with E-state index >= 15 is 0 Å². The van der Waals surface area contributed by atoms with Crippen LogP contribution in [0.4, 0.5) is 51.2 Å². The molecule has 1 heterocycles. The lowest BCUT2D eigenvalue weighted by Crippen LogP contribution is -2.41. The first kappa shape index (κ1) is 56.0. The average Bonchev–Trinajstić information content (AvgIpc) is 1.56. The molecule has 0 atom stereocenters. The summed E-state index contributed by atoms with van der Waals surface area (Å²) in [5.41, 5.74) is 15.4. The van der Waals surface area contributed by atoms with E-state index in [1.54, 1.807) is 12.1 Å². The van der Waals surface area contributed by atoms with Gasteiger partial charge in [-0.25, -0.2) is 0 Å². The van der Waals surface area contributed by atoms with E-state index < -0.39 is 0 Å². The molecule has 0 spiro atoms. The number of nitrogens with zero attached hydrogens (tertiary/aromatic N) is 3. The summed E-state index contributed by atoms with van der Waals surface area (Å²) in [7, 11) is -0.346. The van der Waals surface area contributed by atoms with Gasteiger partial charge in [0.1, 0.15) is 0 Å². The van der Waals surface area contributed by atoms with Crippen molar-refractivity contribution in [2.24, 2.45) is 0 Å². The summed E-state index contributed by atoms with van der Waals surface area (Å²) in [6.45, 7) is 12.3. The number of rotatable bonds is 12. The van der Waals surface area contributed by atoms with Gasteiger partial charge in [0.05, 0.1) is 11.2 Å². The standard InChI is InChI=1S/C50H34N2O2.C24H26BNO2.C2H6/c53-49-46-32-26-38(36-23-29-44(30-24-36)52(41-17-9-3-10-18-41)42-19-11-4-12-20-42)34-48(46)50(54)45-31-25-37(33-47(45)49)35-21-27-43(28-22-35)51(39-13-5-1-6-14-39)40-15-7-2-8-16-40;1-23(2)24(3,4)28-25(27-23)19-15-17-22(18-16-19)26(20-11-7-5-8-12-20)21-13-9-6-10-14-21;1-2/h1-34H;5-18H,1-4H3;1-2H3. The van der Waals surface area contributed by atoms with E-state index in [1.807, 2.05) is 123 Å². The molecule has 0 amide bonds. The molecule has 0 radical (unpaired) electrons. The highest BCUT2D eigenvalue weighted by Crippen LogP contribution is 2.41. The Bertz CT molecular complexity index is 3680. The Kier molecular flexibility index (Phi) is 16.5. The third-order valence-corrected chi connectivity index (χ3v) is 15.7. The number of benzene rings is 11. The van der Waals surface area contributed by atoms with Gasteiger partial charge >= 0.3 is 7.12 Å². The third kappa shape index (κ3) is 11.6. The highest BCUT2D eigenvalue weighted by atomic mass is 16.7. The van der Waals surface area contributed by atoms with E-state index in [9.17, 15) is 9.59 Å². The molecule has 1 saturated heterocycles. The quantitative estimate of drug-likeness (QED) is 0.113. The fourth-order valence-corrected chi connectivity index (χ4v) is 10.7. The predicted octanol–water partition coefficient (Wildman–Crippen LogP) is 19.2. The van der Waals surface area contributed by atoms with Crippen LogP contribution in [0.2, 0.25) is 0 Å². The molecule has 0 bridgehead atoms. The SMILES string of the molecule is CC.CC1(C)OB(c2ccc(N(c3ccccc3)c3ccccc3)cc2)OC1(C)C.O=C1c2ccc(-c3ccc(N(c4ccccc4)c4ccccc4)cc3)cc2C(=O)c2ccc(-c3ccc(N(c4ccccc4)c4ccccc4)cc3)cc21. The highest BCUT2D eigenvalue weighted by Gasteiger charge is 2.51. The van der Waals surface area contributed by atoms with Gasteiger partial charge in [-0.05, 0) is 189 Å². The molecule has 1 aliphatic heterocycles. The fraction of sp³-hybridized carbons (Fsp3) is 0.105. The number of fused-ring (bicyclic) bond motifs is 2. The van der Waals surface area contributed by atoms with Crippen molar-refractivity contribution < 1.29 is 18.9 Å². The number of anilines is 9. The van der Waals surface area contributed by atoms with Gasteiger partial charge in [0.25, 0.3) is 0 Å². The maximum atomic E-state index is 14.0. The van der Waals surface area contributed by atoms with E-state index in [4.69, 9.17) is 9.31 Å². The smallest absolute Gasteiger partial charge is 0.399 e. The monoisotopic (exact) mass is 1100 g/mol. The molecule has 13 rings (SSSR count). The Labute approximate surface area is 494 Å². The zero-order valence-corrected chi connectivity index (χ0v) is 48.3. The molecule has 11 aromatic carbocycles. The van der Waals surface area contributed by atoms with Crippen LogP contribution in [0.25, 0.3) is 22.3 Å². The Balaban J connectivity index is 0.000000206. The van der Waals surface area contributed by atoms with E-state index in [2.05, 4.69) is 212 Å². The maximum Gasteiger partial charge on any atom is 0.494 e. The summed E-state index contributed by atoms with van der Waals surface area (Å²) in [5.74, 6) is -0.277. The van der Waals surface area contributed by atoms with Crippen molar-refractivity contribution >= 4 is 75.3 Å². The molecule has 2 aliphatic rings. The largest absolute Gasteiger partial charge is 0.494 e.